The normalized spacial score (nSPS) is 13.7. The van der Waals surface area contributed by atoms with Gasteiger partial charge in [0.1, 0.15) is 0 Å². The van der Waals surface area contributed by atoms with Crippen LogP contribution in [0.4, 0.5) is 0 Å². The van der Waals surface area contributed by atoms with Gasteiger partial charge in [-0.1, -0.05) is 219 Å². The van der Waals surface area contributed by atoms with Gasteiger partial charge in [0.05, 0.1) is 0 Å². The van der Waals surface area contributed by atoms with E-state index in [1.165, 1.54) is 179 Å². The smallest absolute Gasteiger partial charge is 0.0327 e. The Morgan fingerprint density at radius 3 is 0.892 bits per heavy atom. The molecular weight excluding hydrogens is 969 g/mol. The molecule has 0 aliphatic carbocycles. The van der Waals surface area contributed by atoms with E-state index in [1.807, 2.05) is 45.3 Å². The number of hydrogen-bond donors (Lipinski definition) is 0. The highest BCUT2D eigenvalue weighted by molar-refractivity contribution is 7.13. The maximum absolute atomic E-state index is 3.76. The maximum atomic E-state index is 3.76. The lowest BCUT2D eigenvalue weighted by Crippen LogP contribution is -2.01. The first-order valence-electron chi connectivity index (χ1n) is 29.1. The molecule has 0 aliphatic rings. The molecule has 4 heteroatoms. The summed E-state index contributed by atoms with van der Waals surface area (Å²) in [5, 5.41) is 0. The Balaban J connectivity index is 1.34. The van der Waals surface area contributed by atoms with E-state index in [0.29, 0.717) is 0 Å². The van der Waals surface area contributed by atoms with Crippen molar-refractivity contribution in [2.24, 2.45) is 23.7 Å². The van der Waals surface area contributed by atoms with Crippen LogP contribution >= 0.6 is 45.3 Å². The van der Waals surface area contributed by atoms with Gasteiger partial charge in [0.2, 0.25) is 0 Å². The van der Waals surface area contributed by atoms with Crippen molar-refractivity contribution in [1.82, 2.24) is 0 Å². The molecule has 0 spiro atoms. The molecule has 0 aliphatic heterocycles. The van der Waals surface area contributed by atoms with Gasteiger partial charge < -0.3 is 0 Å². The van der Waals surface area contributed by atoms with Crippen LogP contribution in [0.2, 0.25) is 0 Å². The number of hydrogen-bond acceptors (Lipinski definition) is 4. The summed E-state index contributed by atoms with van der Waals surface area (Å²) in [6.07, 6.45) is 43.8. The van der Waals surface area contributed by atoms with E-state index in [0.717, 1.165) is 45.9 Å². The average molecular weight is 1060 g/mol. The van der Waals surface area contributed by atoms with E-state index in [-0.39, 0.29) is 0 Å². The third-order valence-corrected chi connectivity index (χ3v) is 19.4. The highest BCUT2D eigenvalue weighted by Gasteiger charge is 2.13. The lowest BCUT2D eigenvalue weighted by atomic mass is 9.95. The molecule has 0 amide bonds. The van der Waals surface area contributed by atoms with Crippen LogP contribution in [0.15, 0.2) is 84.9 Å². The maximum Gasteiger partial charge on any atom is 0.0327 e. The topological polar surface area (TPSA) is 0 Å². The molecule has 0 saturated heterocycles. The highest BCUT2D eigenvalue weighted by atomic mass is 32.1. The summed E-state index contributed by atoms with van der Waals surface area (Å²) >= 11 is 7.78. The fourth-order valence-corrected chi connectivity index (χ4v) is 14.1. The van der Waals surface area contributed by atoms with Crippen LogP contribution in [-0.4, -0.2) is 0 Å². The Morgan fingerprint density at radius 2 is 0.622 bits per heavy atom. The van der Waals surface area contributed by atoms with E-state index in [1.54, 1.807) is 0 Å². The van der Waals surface area contributed by atoms with Gasteiger partial charge in [-0.05, 0) is 157 Å². The largest absolute Gasteiger partial charge is 0.141 e. The van der Waals surface area contributed by atoms with Crippen molar-refractivity contribution in [3.05, 3.63) is 157 Å². The molecule has 0 bridgehead atoms. The molecule has 0 saturated carbocycles. The number of rotatable bonds is 32. The van der Waals surface area contributed by atoms with Crippen LogP contribution in [0.5, 0.6) is 0 Å². The summed E-state index contributed by atoms with van der Waals surface area (Å²) < 4.78 is 0. The van der Waals surface area contributed by atoms with Gasteiger partial charge in [0, 0.05) is 50.1 Å². The second-order valence-electron chi connectivity index (χ2n) is 21.0. The molecule has 394 valence electrons. The summed E-state index contributed by atoms with van der Waals surface area (Å²) in [5.74, 6) is 10.6. The van der Waals surface area contributed by atoms with Crippen molar-refractivity contribution < 1.29 is 0 Å². The Kier molecular flexibility index (Phi) is 26.3. The van der Waals surface area contributed by atoms with E-state index in [4.69, 9.17) is 0 Å². The van der Waals surface area contributed by atoms with Crippen LogP contribution < -0.4 is 0 Å². The minimum atomic E-state index is 0.764. The predicted molar refractivity (Wildman–Crippen MR) is 340 cm³/mol. The van der Waals surface area contributed by atoms with Gasteiger partial charge >= 0.3 is 0 Å². The first-order chi connectivity index (χ1) is 36.2. The molecule has 0 fully saturated rings. The van der Waals surface area contributed by atoms with Crippen molar-refractivity contribution in [2.45, 2.75) is 184 Å². The van der Waals surface area contributed by atoms with Gasteiger partial charge in [-0.25, -0.2) is 0 Å². The number of unbranched alkanes of at least 4 members (excludes halogenated alkanes) is 4. The summed E-state index contributed by atoms with van der Waals surface area (Å²) in [7, 11) is 0. The number of thiophene rings is 4. The monoisotopic (exact) mass is 1060 g/mol. The first kappa shape index (κ1) is 59.0. The van der Waals surface area contributed by atoms with E-state index in [9.17, 15) is 0 Å². The molecule has 6 rings (SSSR count). The minimum absolute atomic E-state index is 0.764. The van der Waals surface area contributed by atoms with Crippen LogP contribution in [0.25, 0.3) is 48.6 Å². The van der Waals surface area contributed by atoms with Crippen LogP contribution in [0, 0.1) is 35.5 Å². The lowest BCUT2D eigenvalue weighted by Gasteiger charge is -2.12. The van der Waals surface area contributed by atoms with Gasteiger partial charge in [0.25, 0.3) is 0 Å². The fraction of sp³-hybridized carbons (Fsp3) is 0.457. The molecule has 6 aromatic rings. The molecule has 4 aromatic heterocycles. The molecule has 0 radical (unpaired) electrons. The van der Waals surface area contributed by atoms with Crippen molar-refractivity contribution in [1.29, 1.82) is 0 Å². The van der Waals surface area contributed by atoms with Crippen molar-refractivity contribution in [3.8, 4) is 11.8 Å². The molecular formula is C70H90S4. The second kappa shape index (κ2) is 33.0. The molecule has 2 aromatic carbocycles. The quantitative estimate of drug-likeness (QED) is 0.0369. The van der Waals surface area contributed by atoms with Crippen LogP contribution in [0.1, 0.15) is 231 Å². The third-order valence-electron chi connectivity index (χ3n) is 15.1. The van der Waals surface area contributed by atoms with E-state index < -0.39 is 0 Å². The lowest BCUT2D eigenvalue weighted by molar-refractivity contribution is 0.452. The minimum Gasteiger partial charge on any atom is -0.141 e. The number of benzene rings is 2. The fourth-order valence-electron chi connectivity index (χ4n) is 9.98. The third kappa shape index (κ3) is 20.0. The molecule has 4 heterocycles. The average Bonchev–Trinajstić information content (AvgIpc) is 4.28. The van der Waals surface area contributed by atoms with Crippen molar-refractivity contribution >= 4 is 94.0 Å². The zero-order valence-electron chi connectivity index (χ0n) is 46.8. The predicted octanol–water partition coefficient (Wildman–Crippen LogP) is 23.0. The summed E-state index contributed by atoms with van der Waals surface area (Å²) in [5.41, 5.74) is 6.72. The standard InChI is InChI=1S/C70H90S4/c1-9-17-21-53(13-5)49-67-43-39-63(71-67)35-27-57-25-29-59(33-37-65-41-45-69(73-65)51-55(15-7)23-19-11-3)61(47-57)31-32-62-48-58(28-36-64-40-44-68(72-64)50-54(14-6)22-18-10-2)26-30-60(62)34-38-66-42-46-70(74-66)52-56(16-8)24-20-12-4/h25-30,33-48,53-56H,9-24,49-52H2,1-8H3/b35-27+,36-28+,37-33+,38-34+. The summed E-state index contributed by atoms with van der Waals surface area (Å²) in [6, 6.07) is 32.3. The summed E-state index contributed by atoms with van der Waals surface area (Å²) in [4.78, 5) is 11.2. The Labute approximate surface area is 467 Å². The molecule has 74 heavy (non-hydrogen) atoms. The Bertz CT molecular complexity index is 2540. The highest BCUT2D eigenvalue weighted by Crippen LogP contribution is 2.31. The van der Waals surface area contributed by atoms with Crippen molar-refractivity contribution in [2.75, 3.05) is 0 Å². The second-order valence-corrected chi connectivity index (χ2v) is 25.8. The van der Waals surface area contributed by atoms with Gasteiger partial charge in [-0.3, -0.25) is 0 Å². The van der Waals surface area contributed by atoms with E-state index in [2.05, 4.69) is 201 Å². The molecule has 0 N–H and O–H groups in total. The van der Waals surface area contributed by atoms with Crippen LogP contribution in [-0.2, 0) is 25.7 Å². The molecule has 0 nitrogen and oxygen atoms in total. The van der Waals surface area contributed by atoms with Crippen molar-refractivity contribution in [3.63, 3.8) is 0 Å². The van der Waals surface area contributed by atoms with Gasteiger partial charge in [-0.15, -0.1) is 45.3 Å². The first-order valence-corrected chi connectivity index (χ1v) is 32.4. The van der Waals surface area contributed by atoms with Crippen LogP contribution in [0.3, 0.4) is 0 Å². The van der Waals surface area contributed by atoms with Gasteiger partial charge in [-0.2, -0.15) is 0 Å². The molecule has 4 unspecified atom stereocenters. The van der Waals surface area contributed by atoms with E-state index >= 15 is 0 Å². The Morgan fingerprint density at radius 1 is 0.338 bits per heavy atom. The zero-order chi connectivity index (χ0) is 52.3. The zero-order valence-corrected chi connectivity index (χ0v) is 50.1. The summed E-state index contributed by atoms with van der Waals surface area (Å²) in [6.45, 7) is 18.6. The molecule has 4 atom stereocenters. The van der Waals surface area contributed by atoms with Gasteiger partial charge in [0.15, 0.2) is 0 Å². The Hall–Kier alpha value is -4.24. The SMILES string of the molecule is CCCCC(CC)Cc1ccc(/C=C/c2ccc(/C=C/c3ccc(CC(CC)CCCC)s3)c(C#Cc3cc(/C=C/c4ccc(CC(CC)CCCC)s4)ccc3/C=C/c3ccc(CC(CC)CCCC)s3)c2)s1.